The monoisotopic (exact) mass is 628 g/mol. The number of hydrogen-bond acceptors (Lipinski definition) is 8. The minimum Gasteiger partial charge on any atom is -0.385 e. The number of halogens is 4. The Bertz CT molecular complexity index is 1680. The molecular weight excluding hydrogens is 605 g/mol. The number of benzene rings is 1. The van der Waals surface area contributed by atoms with Crippen LogP contribution in [0.3, 0.4) is 0 Å². The molecule has 43 heavy (non-hydrogen) atoms. The van der Waals surface area contributed by atoms with Crippen LogP contribution in [0.5, 0.6) is 0 Å². The average Bonchev–Trinajstić information content (AvgIpc) is 3.77. The van der Waals surface area contributed by atoms with Gasteiger partial charge in [0.25, 0.3) is 0 Å². The molecule has 15 heteroatoms. The number of amidine groups is 1. The van der Waals surface area contributed by atoms with Crippen molar-refractivity contribution >= 4 is 40.4 Å². The van der Waals surface area contributed by atoms with Gasteiger partial charge in [0.15, 0.2) is 10.8 Å². The lowest BCUT2D eigenvalue weighted by Crippen LogP contribution is -2.45. The molecule has 2 aliphatic heterocycles. The second-order valence-corrected chi connectivity index (χ2v) is 11.1. The molecule has 2 aliphatic rings. The van der Waals surface area contributed by atoms with Crippen LogP contribution in [-0.4, -0.2) is 60.8 Å². The van der Waals surface area contributed by atoms with Crippen LogP contribution < -0.4 is 10.6 Å². The third kappa shape index (κ3) is 5.98. The van der Waals surface area contributed by atoms with Crippen molar-refractivity contribution in [2.75, 3.05) is 13.1 Å². The largest absolute Gasteiger partial charge is 0.385 e. The number of aromatic nitrogens is 4. The molecule has 1 aromatic carbocycles. The van der Waals surface area contributed by atoms with Crippen LogP contribution in [0.2, 0.25) is 5.02 Å². The predicted octanol–water partition coefficient (Wildman–Crippen LogP) is 4.94. The zero-order valence-corrected chi connectivity index (χ0v) is 23.8. The molecule has 3 atom stereocenters. The number of carbonyl (C=O) groups excluding carboxylic acids is 1. The number of aliphatic hydroxyl groups is 1. The number of aliphatic imine (C=N–C) groups is 1. The van der Waals surface area contributed by atoms with Gasteiger partial charge in [-0.1, -0.05) is 23.7 Å². The lowest BCUT2D eigenvalue weighted by atomic mass is 9.92. The van der Waals surface area contributed by atoms with Gasteiger partial charge in [-0.2, -0.15) is 13.9 Å². The second-order valence-electron chi connectivity index (χ2n) is 9.81. The van der Waals surface area contributed by atoms with Crippen LogP contribution in [-0.2, 0) is 0 Å². The van der Waals surface area contributed by atoms with Crippen molar-refractivity contribution in [1.82, 2.24) is 35.3 Å². The zero-order chi connectivity index (χ0) is 30.1. The molecule has 3 N–H and O–H groups in total. The van der Waals surface area contributed by atoms with Crippen LogP contribution in [0, 0.1) is 5.82 Å². The minimum absolute atomic E-state index is 0.0603. The first kappa shape index (κ1) is 28.8. The van der Waals surface area contributed by atoms with Crippen LogP contribution in [0.25, 0.3) is 5.57 Å². The Morgan fingerprint density at radius 1 is 1.19 bits per heavy atom. The number of aliphatic hydroxyl groups excluding tert-OH is 1. The van der Waals surface area contributed by atoms with Crippen molar-refractivity contribution in [2.45, 2.75) is 31.2 Å². The van der Waals surface area contributed by atoms with Crippen LogP contribution in [0.15, 0.2) is 77.1 Å². The van der Waals surface area contributed by atoms with E-state index in [0.717, 1.165) is 0 Å². The van der Waals surface area contributed by atoms with Gasteiger partial charge >= 0.3 is 12.6 Å². The average molecular weight is 629 g/mol. The second kappa shape index (κ2) is 12.1. The third-order valence-electron chi connectivity index (χ3n) is 7.05. The lowest BCUT2D eigenvalue weighted by molar-refractivity contribution is 0.0564. The number of hydrogen-bond donors (Lipinski definition) is 3. The highest BCUT2D eigenvalue weighted by atomic mass is 35.5. The number of pyridine rings is 1. The summed E-state index contributed by atoms with van der Waals surface area (Å²) < 4.78 is 41.6. The van der Waals surface area contributed by atoms with Crippen molar-refractivity contribution in [3.63, 3.8) is 0 Å². The van der Waals surface area contributed by atoms with E-state index in [1.54, 1.807) is 36.0 Å². The van der Waals surface area contributed by atoms with Gasteiger partial charge in [0.05, 0.1) is 24.0 Å². The molecule has 0 saturated carbocycles. The quantitative estimate of drug-likeness (QED) is 0.254. The molecular formula is C28H24ClF3N8O2S. The molecule has 4 aromatic rings. The summed E-state index contributed by atoms with van der Waals surface area (Å²) in [6.45, 7) is -2.62. The van der Waals surface area contributed by atoms with Gasteiger partial charge < -0.3 is 20.6 Å². The van der Waals surface area contributed by atoms with Gasteiger partial charge in [-0.3, -0.25) is 9.98 Å². The topological polar surface area (TPSA) is 121 Å². The van der Waals surface area contributed by atoms with E-state index in [1.165, 1.54) is 41.8 Å². The summed E-state index contributed by atoms with van der Waals surface area (Å²) in [6, 6.07) is 8.78. The summed E-state index contributed by atoms with van der Waals surface area (Å²) in [5.74, 6) is -0.0292. The molecule has 6 rings (SSSR count). The number of carbonyl (C=O) groups is 1. The fraction of sp³-hybridized carbons (Fsp3) is 0.250. The van der Waals surface area contributed by atoms with Gasteiger partial charge in [-0.15, -0.1) is 11.3 Å². The maximum Gasteiger partial charge on any atom is 0.333 e. The summed E-state index contributed by atoms with van der Waals surface area (Å²) in [5, 5.41) is 22.6. The van der Waals surface area contributed by atoms with E-state index < -0.39 is 36.6 Å². The fourth-order valence-electron chi connectivity index (χ4n) is 5.15. The Hall–Kier alpha value is -4.27. The molecule has 10 nitrogen and oxygen atoms in total. The molecule has 1 fully saturated rings. The summed E-state index contributed by atoms with van der Waals surface area (Å²) in [4.78, 5) is 28.2. The van der Waals surface area contributed by atoms with E-state index in [9.17, 15) is 23.1 Å². The molecule has 3 aromatic heterocycles. The first-order valence-corrected chi connectivity index (χ1v) is 14.4. The summed E-state index contributed by atoms with van der Waals surface area (Å²) in [7, 11) is 0. The number of nitrogens with zero attached hydrogens (tertiary/aromatic N) is 6. The van der Waals surface area contributed by atoms with Crippen LogP contribution in [0.4, 0.5) is 18.0 Å². The van der Waals surface area contributed by atoms with Crippen molar-refractivity contribution in [1.29, 1.82) is 0 Å². The highest BCUT2D eigenvalue weighted by Gasteiger charge is 2.41. The van der Waals surface area contributed by atoms with E-state index >= 15 is 0 Å². The van der Waals surface area contributed by atoms with Crippen LogP contribution >= 0.6 is 22.9 Å². The Labute approximate surface area is 252 Å². The number of fused-ring (bicyclic) bond motifs is 1. The summed E-state index contributed by atoms with van der Waals surface area (Å²) in [6.07, 6.45) is 3.67. The number of urea groups is 1. The highest BCUT2D eigenvalue weighted by Crippen LogP contribution is 2.46. The van der Waals surface area contributed by atoms with Crippen molar-refractivity contribution in [3.8, 4) is 0 Å². The molecule has 0 aliphatic carbocycles. The van der Waals surface area contributed by atoms with Crippen molar-refractivity contribution in [3.05, 3.63) is 105 Å². The molecule has 222 valence electrons. The molecule has 0 radical (unpaired) electrons. The Balaban J connectivity index is 1.34. The molecule has 0 bridgehead atoms. The first-order chi connectivity index (χ1) is 20.8. The Morgan fingerprint density at radius 3 is 2.74 bits per heavy atom. The third-order valence-corrected chi connectivity index (χ3v) is 8.14. The van der Waals surface area contributed by atoms with Crippen molar-refractivity contribution < 1.29 is 23.1 Å². The Morgan fingerprint density at radius 2 is 2.05 bits per heavy atom. The smallest absolute Gasteiger partial charge is 0.333 e. The minimum atomic E-state index is -2.86. The van der Waals surface area contributed by atoms with E-state index in [2.05, 4.69) is 25.7 Å². The van der Waals surface area contributed by atoms with Gasteiger partial charge in [0, 0.05) is 58.8 Å². The number of amides is 2. The summed E-state index contributed by atoms with van der Waals surface area (Å²) in [5.41, 5.74) is 2.32. The van der Waals surface area contributed by atoms with Crippen LogP contribution in [0.1, 0.15) is 47.1 Å². The van der Waals surface area contributed by atoms with Crippen molar-refractivity contribution in [2.24, 2.45) is 4.99 Å². The van der Waals surface area contributed by atoms with E-state index in [-0.39, 0.29) is 17.3 Å². The number of thiazole rings is 1. The normalized spacial score (nSPS) is 18.9. The Kier molecular flexibility index (Phi) is 8.15. The van der Waals surface area contributed by atoms with E-state index in [1.807, 2.05) is 4.90 Å². The molecule has 5 heterocycles. The van der Waals surface area contributed by atoms with Gasteiger partial charge in [-0.25, -0.2) is 18.9 Å². The maximum absolute atomic E-state index is 14.0. The molecule has 2 amide bonds. The standard InChI is InChI=1S/C28H24ClF3N8O2S/c29-18-11-15(30)4-5-17(18)24-23(20-6-9-40(38-20)27(31)32)21-12-16(14-39(21)25(37-24)26-34-8-10-43-26)36-28(42)35-13-22(41)19-3-1-2-7-33-19/h1-11,16,22,24,27,41H,12-14H2,(H2,35,36,42)/t16-,22?,24-/m0/s1. The van der Waals surface area contributed by atoms with E-state index in [4.69, 9.17) is 16.6 Å². The molecule has 0 spiro atoms. The predicted molar refractivity (Wildman–Crippen MR) is 154 cm³/mol. The number of alkyl halides is 2. The number of rotatable bonds is 8. The van der Waals surface area contributed by atoms with Gasteiger partial charge in [-0.05, 0) is 30.3 Å². The lowest BCUT2D eigenvalue weighted by Gasteiger charge is -2.32. The molecule has 1 unspecified atom stereocenters. The highest BCUT2D eigenvalue weighted by molar-refractivity contribution is 7.11. The van der Waals surface area contributed by atoms with E-state index in [0.29, 0.717) is 51.0 Å². The SMILES string of the molecule is O=C(NCC(O)c1ccccn1)N[C@H]1CC2=C(c3ccn(C(F)F)n3)[C@H](c3ccc(F)cc3Cl)N=C(c3nccs3)N2C1. The molecule has 1 saturated heterocycles. The fourth-order valence-corrected chi connectivity index (χ4v) is 6.07. The van der Waals surface area contributed by atoms with Gasteiger partial charge in [0.2, 0.25) is 0 Å². The van der Waals surface area contributed by atoms with Gasteiger partial charge in [0.1, 0.15) is 18.0 Å². The number of nitrogens with one attached hydrogen (secondary N) is 2. The zero-order valence-electron chi connectivity index (χ0n) is 22.2. The first-order valence-electron chi connectivity index (χ1n) is 13.2. The maximum atomic E-state index is 14.0. The summed E-state index contributed by atoms with van der Waals surface area (Å²) >= 11 is 7.85.